The maximum absolute atomic E-state index is 12.4. The van der Waals surface area contributed by atoms with Crippen LogP contribution in [0.2, 0.25) is 0 Å². The fraction of sp³-hybridized carbons (Fsp3) is 0.520. The summed E-state index contributed by atoms with van der Waals surface area (Å²) in [6.45, 7) is 6.96. The molecule has 0 radical (unpaired) electrons. The molecule has 1 unspecified atom stereocenters. The van der Waals surface area contributed by atoms with Crippen molar-refractivity contribution in [1.29, 1.82) is 0 Å². The van der Waals surface area contributed by atoms with E-state index in [4.69, 9.17) is 10.5 Å². The second-order valence-electron chi connectivity index (χ2n) is 9.82. The van der Waals surface area contributed by atoms with Gasteiger partial charge in [0.25, 0.3) is 5.56 Å². The van der Waals surface area contributed by atoms with Crippen LogP contribution in [0.3, 0.4) is 0 Å². The summed E-state index contributed by atoms with van der Waals surface area (Å²) < 4.78 is 10.0. The highest BCUT2D eigenvalue weighted by Gasteiger charge is 2.27. The van der Waals surface area contributed by atoms with Crippen molar-refractivity contribution >= 4 is 17.9 Å². The lowest BCUT2D eigenvalue weighted by atomic mass is 9.90. The maximum Gasteiger partial charge on any atom is 0.411 e. The molecule has 1 aliphatic rings. The average Bonchev–Trinajstić information content (AvgIpc) is 2.82. The van der Waals surface area contributed by atoms with Crippen molar-refractivity contribution in [3.8, 4) is 11.1 Å². The Morgan fingerprint density at radius 3 is 2.49 bits per heavy atom. The molecule has 1 aromatic heterocycles. The van der Waals surface area contributed by atoms with Gasteiger partial charge in [0.05, 0.1) is 18.4 Å². The van der Waals surface area contributed by atoms with Gasteiger partial charge in [0.15, 0.2) is 0 Å². The van der Waals surface area contributed by atoms with Gasteiger partial charge in [-0.05, 0) is 76.1 Å². The number of hydrogen-bond acceptors (Lipinski definition) is 7. The molecule has 1 aromatic carbocycles. The molecule has 1 atom stereocenters. The number of aromatic nitrogens is 2. The van der Waals surface area contributed by atoms with Gasteiger partial charge in [-0.1, -0.05) is 12.1 Å². The lowest BCUT2D eigenvalue weighted by Gasteiger charge is -2.33. The van der Waals surface area contributed by atoms with Crippen molar-refractivity contribution in [2.24, 2.45) is 11.7 Å². The molecular formula is C25H35N5O5. The smallest absolute Gasteiger partial charge is 0.411 e. The second-order valence-corrected chi connectivity index (χ2v) is 9.82. The first-order chi connectivity index (χ1) is 16.6. The number of H-pyrrole nitrogens is 1. The van der Waals surface area contributed by atoms with E-state index < -0.39 is 11.7 Å². The molecule has 0 saturated carbocycles. The van der Waals surface area contributed by atoms with Crippen LogP contribution in [0.5, 0.6) is 0 Å². The topological polar surface area (TPSA) is 140 Å². The van der Waals surface area contributed by atoms with Gasteiger partial charge < -0.3 is 20.1 Å². The number of nitrogens with one attached hydrogen (secondary N) is 2. The van der Waals surface area contributed by atoms with E-state index in [-0.39, 0.29) is 17.7 Å². The number of hydrogen-bond donors (Lipinski definition) is 3. The Hall–Kier alpha value is -3.40. The Balaban J connectivity index is 1.56. The molecule has 35 heavy (non-hydrogen) atoms. The van der Waals surface area contributed by atoms with Crippen LogP contribution in [0.25, 0.3) is 11.1 Å². The third-order valence-electron chi connectivity index (χ3n) is 5.98. The number of carbonyl (C=O) groups excluding carboxylic acids is 2. The number of nitrogens with two attached hydrogens (primary N) is 1. The zero-order valence-corrected chi connectivity index (χ0v) is 20.8. The van der Waals surface area contributed by atoms with Crippen LogP contribution >= 0.6 is 0 Å². The number of amides is 2. The van der Waals surface area contributed by atoms with Gasteiger partial charge in [0, 0.05) is 24.8 Å². The normalized spacial score (nSPS) is 15.4. The molecule has 1 fully saturated rings. The fourth-order valence-electron chi connectivity index (χ4n) is 4.02. The third kappa shape index (κ3) is 7.54. The summed E-state index contributed by atoms with van der Waals surface area (Å²) in [6, 6.07) is 8.25. The Morgan fingerprint density at radius 1 is 1.23 bits per heavy atom. The number of piperidine rings is 1. The number of benzene rings is 1. The minimum Gasteiger partial charge on any atom is -0.453 e. The first kappa shape index (κ1) is 26.2. The number of rotatable bonds is 6. The molecule has 10 heteroatoms. The highest BCUT2D eigenvalue weighted by molar-refractivity contribution is 5.85. The van der Waals surface area contributed by atoms with E-state index in [2.05, 4.69) is 20.3 Å². The van der Waals surface area contributed by atoms with Crippen LogP contribution in [0.4, 0.5) is 15.3 Å². The highest BCUT2D eigenvalue weighted by atomic mass is 16.6. The van der Waals surface area contributed by atoms with Crippen LogP contribution in [-0.4, -0.2) is 53.1 Å². The molecule has 4 N–H and O–H groups in total. The molecule has 190 valence electrons. The van der Waals surface area contributed by atoms with Gasteiger partial charge >= 0.3 is 12.2 Å². The molecule has 0 aliphatic carbocycles. The predicted octanol–water partition coefficient (Wildman–Crippen LogP) is 4.04. The number of ether oxygens (including phenoxy) is 2. The molecule has 2 heterocycles. The summed E-state index contributed by atoms with van der Waals surface area (Å²) in [5.41, 5.74) is 7.92. The first-order valence-electron chi connectivity index (χ1n) is 11.8. The number of likely N-dealkylation sites (tertiary alicyclic amines) is 1. The monoisotopic (exact) mass is 485 g/mol. The molecule has 10 nitrogen and oxygen atoms in total. The van der Waals surface area contributed by atoms with Gasteiger partial charge in [-0.3, -0.25) is 10.1 Å². The zero-order valence-electron chi connectivity index (χ0n) is 20.8. The second kappa shape index (κ2) is 11.4. The van der Waals surface area contributed by atoms with Crippen LogP contribution in [0.1, 0.15) is 58.2 Å². The van der Waals surface area contributed by atoms with Gasteiger partial charge in [0.2, 0.25) is 0 Å². The fourth-order valence-corrected chi connectivity index (χ4v) is 4.02. The minimum atomic E-state index is -0.566. The Bertz CT molecular complexity index is 1070. The molecule has 1 saturated heterocycles. The highest BCUT2D eigenvalue weighted by Crippen LogP contribution is 2.27. The van der Waals surface area contributed by atoms with E-state index in [1.165, 1.54) is 7.11 Å². The third-order valence-corrected chi connectivity index (χ3v) is 5.98. The Kier molecular flexibility index (Phi) is 8.50. The predicted molar refractivity (Wildman–Crippen MR) is 133 cm³/mol. The van der Waals surface area contributed by atoms with E-state index >= 15 is 0 Å². The number of nitrogens with zero attached hydrogens (tertiary/aromatic N) is 2. The van der Waals surface area contributed by atoms with E-state index in [1.807, 2.05) is 20.8 Å². The van der Waals surface area contributed by atoms with Crippen molar-refractivity contribution in [2.75, 3.05) is 25.5 Å². The molecule has 0 bridgehead atoms. The van der Waals surface area contributed by atoms with Crippen LogP contribution in [0.15, 0.2) is 35.1 Å². The lowest BCUT2D eigenvalue weighted by Crippen LogP contribution is -2.41. The summed E-state index contributed by atoms with van der Waals surface area (Å²) in [6.07, 6.45) is 2.62. The molecular weight excluding hydrogens is 450 g/mol. The molecule has 2 aromatic rings. The van der Waals surface area contributed by atoms with Crippen LogP contribution < -0.4 is 16.6 Å². The van der Waals surface area contributed by atoms with Crippen LogP contribution in [0, 0.1) is 5.92 Å². The van der Waals surface area contributed by atoms with E-state index in [9.17, 15) is 14.4 Å². The number of carbonyl (C=O) groups is 2. The molecule has 0 spiro atoms. The summed E-state index contributed by atoms with van der Waals surface area (Å²) in [7, 11) is 1.29. The molecule has 1 aliphatic heterocycles. The van der Waals surface area contributed by atoms with Gasteiger partial charge in [-0.2, -0.15) is 5.10 Å². The molecule has 3 rings (SSSR count). The zero-order chi connectivity index (χ0) is 25.6. The largest absolute Gasteiger partial charge is 0.453 e. The number of anilines is 1. The summed E-state index contributed by atoms with van der Waals surface area (Å²) in [5.74, 6) is 0.469. The van der Waals surface area contributed by atoms with Crippen molar-refractivity contribution in [2.45, 2.75) is 58.1 Å². The first-order valence-corrected chi connectivity index (χ1v) is 11.8. The summed E-state index contributed by atoms with van der Waals surface area (Å²) >= 11 is 0. The summed E-state index contributed by atoms with van der Waals surface area (Å²) in [5, 5.41) is 9.28. The standard InChI is InChI=1S/C25H35N5O5/c1-25(2,3)35-24(33)30-13-11-16(12-14-30)5-10-20(26)21-15-19(22(31)29-28-21)17-6-8-18(9-7-17)27-23(32)34-4/h6-9,15-16,20H,5,10-14,26H2,1-4H3,(H,27,32)(H,29,31). The van der Waals surface area contributed by atoms with E-state index in [1.54, 1.807) is 35.2 Å². The van der Waals surface area contributed by atoms with Gasteiger partial charge in [-0.15, -0.1) is 0 Å². The van der Waals surface area contributed by atoms with Crippen molar-refractivity contribution in [1.82, 2.24) is 15.1 Å². The van der Waals surface area contributed by atoms with Gasteiger partial charge in [-0.25, -0.2) is 14.7 Å². The maximum atomic E-state index is 12.4. The molecule has 2 amide bonds. The van der Waals surface area contributed by atoms with E-state index in [0.29, 0.717) is 41.5 Å². The van der Waals surface area contributed by atoms with E-state index in [0.717, 1.165) is 25.7 Å². The van der Waals surface area contributed by atoms with Crippen molar-refractivity contribution < 1.29 is 19.1 Å². The summed E-state index contributed by atoms with van der Waals surface area (Å²) in [4.78, 5) is 37.8. The average molecular weight is 486 g/mol. The quantitative estimate of drug-likeness (QED) is 0.561. The minimum absolute atomic E-state index is 0.258. The van der Waals surface area contributed by atoms with Crippen molar-refractivity contribution in [3.05, 3.63) is 46.4 Å². The number of methoxy groups -OCH3 is 1. The number of aromatic amines is 1. The van der Waals surface area contributed by atoms with Crippen molar-refractivity contribution in [3.63, 3.8) is 0 Å². The Morgan fingerprint density at radius 2 is 1.89 bits per heavy atom. The van der Waals surface area contributed by atoms with Gasteiger partial charge in [0.1, 0.15) is 5.60 Å². The van der Waals surface area contributed by atoms with Crippen LogP contribution in [-0.2, 0) is 9.47 Å². The Labute approximate surface area is 205 Å². The SMILES string of the molecule is COC(=O)Nc1ccc(-c2cc(C(N)CCC3CCN(C(=O)OC(C)(C)C)CC3)n[nH]c2=O)cc1. The lowest BCUT2D eigenvalue weighted by molar-refractivity contribution is 0.0180.